The van der Waals surface area contributed by atoms with Gasteiger partial charge in [-0.2, -0.15) is 0 Å². The minimum Gasteiger partial charge on any atom is -0.493 e. The van der Waals surface area contributed by atoms with E-state index in [0.29, 0.717) is 36.3 Å². The van der Waals surface area contributed by atoms with Gasteiger partial charge in [0.25, 0.3) is 0 Å². The van der Waals surface area contributed by atoms with Crippen LogP contribution >= 0.6 is 0 Å². The highest BCUT2D eigenvalue weighted by molar-refractivity contribution is 5.78. The number of hydrogen-bond acceptors (Lipinski definition) is 4. The Morgan fingerprint density at radius 2 is 1.63 bits per heavy atom. The van der Waals surface area contributed by atoms with Crippen molar-refractivity contribution in [3.8, 4) is 11.5 Å². The summed E-state index contributed by atoms with van der Waals surface area (Å²) in [6.45, 7) is 0.629. The van der Waals surface area contributed by atoms with E-state index in [1.54, 1.807) is 14.2 Å². The number of benzene rings is 1. The third kappa shape index (κ3) is 3.31. The van der Waals surface area contributed by atoms with Gasteiger partial charge in [-0.25, -0.2) is 0 Å². The molecular weight excluding hydrogens is 342 g/mol. The number of amides is 1. The Morgan fingerprint density at radius 3 is 2.19 bits per heavy atom. The Morgan fingerprint density at radius 1 is 1.00 bits per heavy atom. The number of methoxy groups -OCH3 is 3. The SMILES string of the molecule is COc1ccc(CC(=O)NCC2(OC)C3CC4CC(C3)CC2C4)cc1OC. The van der Waals surface area contributed by atoms with E-state index in [4.69, 9.17) is 14.2 Å². The van der Waals surface area contributed by atoms with Crippen molar-refractivity contribution in [3.63, 3.8) is 0 Å². The summed E-state index contributed by atoms with van der Waals surface area (Å²) < 4.78 is 16.7. The minimum absolute atomic E-state index is 0.0347. The molecule has 4 aliphatic rings. The summed E-state index contributed by atoms with van der Waals surface area (Å²) in [4.78, 5) is 12.6. The Kier molecular flexibility index (Phi) is 5.06. The highest BCUT2D eigenvalue weighted by atomic mass is 16.5. The Balaban J connectivity index is 1.40. The first-order chi connectivity index (χ1) is 13.1. The van der Waals surface area contributed by atoms with E-state index < -0.39 is 0 Å². The lowest BCUT2D eigenvalue weighted by Crippen LogP contribution is -2.63. The van der Waals surface area contributed by atoms with Gasteiger partial charge in [0, 0.05) is 13.7 Å². The van der Waals surface area contributed by atoms with Gasteiger partial charge in [0.05, 0.1) is 26.2 Å². The van der Waals surface area contributed by atoms with Gasteiger partial charge >= 0.3 is 0 Å². The van der Waals surface area contributed by atoms with Crippen LogP contribution in [0.4, 0.5) is 0 Å². The molecule has 148 valence electrons. The molecule has 0 unspecified atom stereocenters. The van der Waals surface area contributed by atoms with Crippen molar-refractivity contribution in [2.75, 3.05) is 27.9 Å². The fourth-order valence-electron chi connectivity index (χ4n) is 6.15. The molecule has 4 saturated carbocycles. The number of rotatable bonds is 7. The second kappa shape index (κ2) is 7.34. The summed E-state index contributed by atoms with van der Waals surface area (Å²) in [5.41, 5.74) is 0.752. The van der Waals surface area contributed by atoms with Crippen LogP contribution in [0.15, 0.2) is 18.2 Å². The molecule has 0 saturated heterocycles. The Bertz CT molecular complexity index is 674. The lowest BCUT2D eigenvalue weighted by Gasteiger charge is -2.60. The molecular formula is C22H31NO4. The van der Waals surface area contributed by atoms with Gasteiger partial charge in [-0.05, 0) is 73.5 Å². The molecule has 1 amide bonds. The quantitative estimate of drug-likeness (QED) is 0.797. The normalized spacial score (nSPS) is 33.7. The van der Waals surface area contributed by atoms with Crippen LogP contribution in [0.3, 0.4) is 0 Å². The van der Waals surface area contributed by atoms with Crippen molar-refractivity contribution in [2.24, 2.45) is 23.7 Å². The van der Waals surface area contributed by atoms with Crippen molar-refractivity contribution in [2.45, 2.75) is 44.1 Å². The second-order valence-electron chi connectivity index (χ2n) is 8.61. The number of carbonyl (C=O) groups is 1. The number of ether oxygens (including phenoxy) is 3. The van der Waals surface area contributed by atoms with Gasteiger partial charge in [-0.15, -0.1) is 0 Å². The molecule has 4 fully saturated rings. The molecule has 0 aliphatic heterocycles. The monoisotopic (exact) mass is 373 g/mol. The number of nitrogens with one attached hydrogen (secondary N) is 1. The second-order valence-corrected chi connectivity index (χ2v) is 8.61. The largest absolute Gasteiger partial charge is 0.493 e. The molecule has 0 aromatic heterocycles. The lowest BCUT2D eigenvalue weighted by atomic mass is 9.49. The molecule has 1 N–H and O–H groups in total. The topological polar surface area (TPSA) is 56.8 Å². The first-order valence-electron chi connectivity index (χ1n) is 10.1. The summed E-state index contributed by atoms with van der Waals surface area (Å²) in [7, 11) is 5.05. The first-order valence-corrected chi connectivity index (χ1v) is 10.1. The van der Waals surface area contributed by atoms with E-state index in [1.165, 1.54) is 32.1 Å². The van der Waals surface area contributed by atoms with Crippen LogP contribution in [-0.4, -0.2) is 39.4 Å². The average molecular weight is 373 g/mol. The number of carbonyl (C=O) groups excluding carboxylic acids is 1. The van der Waals surface area contributed by atoms with Crippen LogP contribution in [0.25, 0.3) is 0 Å². The summed E-state index contributed by atoms with van der Waals surface area (Å²) in [5.74, 6) is 4.33. The zero-order chi connectivity index (χ0) is 19.0. The van der Waals surface area contributed by atoms with E-state index in [2.05, 4.69) is 5.32 Å². The smallest absolute Gasteiger partial charge is 0.224 e. The average Bonchev–Trinajstić information content (AvgIpc) is 2.67. The highest BCUT2D eigenvalue weighted by Gasteiger charge is 2.57. The van der Waals surface area contributed by atoms with Crippen molar-refractivity contribution in [3.05, 3.63) is 23.8 Å². The van der Waals surface area contributed by atoms with Crippen molar-refractivity contribution in [1.29, 1.82) is 0 Å². The molecule has 4 bridgehead atoms. The third-order valence-corrected chi connectivity index (χ3v) is 7.27. The van der Waals surface area contributed by atoms with Gasteiger partial charge in [-0.1, -0.05) is 6.07 Å². The Hall–Kier alpha value is -1.75. The maximum atomic E-state index is 12.6. The van der Waals surface area contributed by atoms with Crippen LogP contribution in [0, 0.1) is 23.7 Å². The lowest BCUT2D eigenvalue weighted by molar-refractivity contribution is -0.188. The minimum atomic E-state index is -0.166. The van der Waals surface area contributed by atoms with E-state index in [9.17, 15) is 4.79 Å². The van der Waals surface area contributed by atoms with E-state index >= 15 is 0 Å². The van der Waals surface area contributed by atoms with Gasteiger partial charge in [0.15, 0.2) is 11.5 Å². The van der Waals surface area contributed by atoms with E-state index in [1.807, 2.05) is 25.3 Å². The molecule has 5 rings (SSSR count). The number of hydrogen-bond donors (Lipinski definition) is 1. The summed E-state index contributed by atoms with van der Waals surface area (Å²) >= 11 is 0. The molecule has 5 nitrogen and oxygen atoms in total. The van der Waals surface area contributed by atoms with Gasteiger partial charge in [0.2, 0.25) is 5.91 Å². The molecule has 0 heterocycles. The van der Waals surface area contributed by atoms with Gasteiger partial charge in [-0.3, -0.25) is 4.79 Å². The summed E-state index contributed by atoms with van der Waals surface area (Å²) in [6.07, 6.45) is 6.83. The van der Waals surface area contributed by atoms with Crippen LogP contribution in [0.5, 0.6) is 11.5 Å². The van der Waals surface area contributed by atoms with Crippen LogP contribution in [0.1, 0.15) is 37.7 Å². The summed E-state index contributed by atoms with van der Waals surface area (Å²) in [6, 6.07) is 5.62. The van der Waals surface area contributed by atoms with Crippen LogP contribution < -0.4 is 14.8 Å². The molecule has 1 aromatic carbocycles. The highest BCUT2D eigenvalue weighted by Crippen LogP contribution is 2.59. The predicted octanol–water partition coefficient (Wildman–Crippen LogP) is 3.20. The predicted molar refractivity (Wildman–Crippen MR) is 103 cm³/mol. The van der Waals surface area contributed by atoms with E-state index in [-0.39, 0.29) is 11.5 Å². The van der Waals surface area contributed by atoms with E-state index in [0.717, 1.165) is 17.4 Å². The standard InChI is InChI=1S/C22H31NO4/c1-25-19-5-4-14(11-20(19)26-2)12-21(24)23-13-22(27-3)17-7-15-6-16(9-17)10-18(22)8-15/h4-5,11,15-18H,6-10,12-13H2,1-3H3,(H,23,24). The third-order valence-electron chi connectivity index (χ3n) is 7.27. The molecule has 5 heteroatoms. The van der Waals surface area contributed by atoms with Crippen LogP contribution in [0.2, 0.25) is 0 Å². The molecule has 0 atom stereocenters. The van der Waals surface area contributed by atoms with Gasteiger partial charge < -0.3 is 19.5 Å². The molecule has 0 radical (unpaired) electrons. The maximum absolute atomic E-state index is 12.6. The molecule has 27 heavy (non-hydrogen) atoms. The molecule has 1 aromatic rings. The Labute approximate surface area is 161 Å². The van der Waals surface area contributed by atoms with Crippen molar-refractivity contribution < 1.29 is 19.0 Å². The zero-order valence-electron chi connectivity index (χ0n) is 16.6. The zero-order valence-corrected chi connectivity index (χ0v) is 16.6. The van der Waals surface area contributed by atoms with Crippen LogP contribution in [-0.2, 0) is 16.0 Å². The fourth-order valence-corrected chi connectivity index (χ4v) is 6.15. The maximum Gasteiger partial charge on any atom is 0.224 e. The summed E-state index contributed by atoms with van der Waals surface area (Å²) in [5, 5.41) is 3.18. The van der Waals surface area contributed by atoms with Crippen molar-refractivity contribution >= 4 is 5.91 Å². The fraction of sp³-hybridized carbons (Fsp3) is 0.682. The molecule has 4 aliphatic carbocycles. The van der Waals surface area contributed by atoms with Crippen molar-refractivity contribution in [1.82, 2.24) is 5.32 Å². The molecule has 0 spiro atoms. The first kappa shape index (κ1) is 18.6. The van der Waals surface area contributed by atoms with Gasteiger partial charge in [0.1, 0.15) is 0 Å².